The molecule has 232 valence electrons. The van der Waals surface area contributed by atoms with Crippen LogP contribution in [0.25, 0.3) is 11.1 Å². The Labute approximate surface area is 259 Å². The van der Waals surface area contributed by atoms with Gasteiger partial charge in [-0.05, 0) is 83.7 Å². The molecule has 2 amide bonds. The Balaban J connectivity index is 1.35. The second kappa shape index (κ2) is 12.5. The standard InChI is InChI=1S/C36H34F3N3O3/c1-19(2)13-29-33(35(40)43)32(34-30(42-29)17-25(41-36(34)44)14-20-3-8-24(37)9-4-20)23-6-10-26-22(16-23)7-12-31(26)45-18-21-5-11-27(38)28(39)15-21/h3-6,8-11,15-16,19,25,31H,7,12-14,17-18H2,1-2H3,(H2,40,43)(H,41,44)/t25-,31?/m0/s1. The van der Waals surface area contributed by atoms with E-state index in [1.807, 2.05) is 32.0 Å². The van der Waals surface area contributed by atoms with Gasteiger partial charge in [-0.3, -0.25) is 14.6 Å². The molecule has 3 N–H and O–H groups in total. The van der Waals surface area contributed by atoms with E-state index in [4.69, 9.17) is 15.5 Å². The maximum Gasteiger partial charge on any atom is 0.254 e. The smallest absolute Gasteiger partial charge is 0.254 e. The fraction of sp³-hybridized carbons (Fsp3) is 0.306. The Morgan fingerprint density at radius 3 is 2.47 bits per heavy atom. The number of hydrogen-bond donors (Lipinski definition) is 2. The van der Waals surface area contributed by atoms with Crippen LogP contribution in [0.3, 0.4) is 0 Å². The second-order valence-corrected chi connectivity index (χ2v) is 12.3. The van der Waals surface area contributed by atoms with Crippen LogP contribution in [0.5, 0.6) is 0 Å². The van der Waals surface area contributed by atoms with Crippen molar-refractivity contribution in [1.82, 2.24) is 10.3 Å². The molecule has 0 spiro atoms. The van der Waals surface area contributed by atoms with E-state index in [9.17, 15) is 22.8 Å². The fourth-order valence-corrected chi connectivity index (χ4v) is 6.47. The quantitative estimate of drug-likeness (QED) is 0.224. The zero-order valence-corrected chi connectivity index (χ0v) is 25.1. The van der Waals surface area contributed by atoms with E-state index in [0.717, 1.165) is 28.8 Å². The first kappa shape index (κ1) is 30.5. The molecule has 2 heterocycles. The van der Waals surface area contributed by atoms with Gasteiger partial charge in [-0.15, -0.1) is 0 Å². The number of carbonyl (C=O) groups excluding carboxylic acids is 2. The van der Waals surface area contributed by atoms with Gasteiger partial charge in [0.05, 0.1) is 35.2 Å². The highest BCUT2D eigenvalue weighted by Crippen LogP contribution is 2.40. The summed E-state index contributed by atoms with van der Waals surface area (Å²) in [6.07, 6.45) is 2.62. The molecule has 2 aliphatic rings. The number of aromatic nitrogens is 1. The lowest BCUT2D eigenvalue weighted by Crippen LogP contribution is -2.44. The van der Waals surface area contributed by atoms with Crippen LogP contribution >= 0.6 is 0 Å². The molecule has 1 aliphatic heterocycles. The van der Waals surface area contributed by atoms with Crippen LogP contribution in [-0.4, -0.2) is 22.8 Å². The summed E-state index contributed by atoms with van der Waals surface area (Å²) in [6.45, 7) is 4.20. The van der Waals surface area contributed by atoms with E-state index in [1.165, 1.54) is 18.2 Å². The number of nitrogens with zero attached hydrogens (tertiary/aromatic N) is 1. The largest absolute Gasteiger partial charge is 0.369 e. The summed E-state index contributed by atoms with van der Waals surface area (Å²) in [5.74, 6) is -2.94. The predicted octanol–water partition coefficient (Wildman–Crippen LogP) is 6.56. The molecule has 1 aliphatic carbocycles. The van der Waals surface area contributed by atoms with Gasteiger partial charge in [0.1, 0.15) is 5.82 Å². The maximum absolute atomic E-state index is 13.8. The number of ether oxygens (including phenoxy) is 1. The average molecular weight is 614 g/mol. The number of benzene rings is 3. The molecule has 2 atom stereocenters. The van der Waals surface area contributed by atoms with Crippen molar-refractivity contribution in [2.75, 3.05) is 0 Å². The van der Waals surface area contributed by atoms with E-state index >= 15 is 0 Å². The van der Waals surface area contributed by atoms with Gasteiger partial charge in [0.25, 0.3) is 11.8 Å². The Bertz CT molecular complexity index is 1790. The third-order valence-corrected chi connectivity index (χ3v) is 8.48. The molecule has 6 rings (SSSR count). The molecule has 6 nitrogen and oxygen atoms in total. The number of hydrogen-bond acceptors (Lipinski definition) is 4. The summed E-state index contributed by atoms with van der Waals surface area (Å²) >= 11 is 0. The van der Waals surface area contributed by atoms with Gasteiger partial charge in [-0.25, -0.2) is 13.2 Å². The van der Waals surface area contributed by atoms with Crippen LogP contribution in [-0.2, 0) is 37.0 Å². The molecular weight excluding hydrogens is 579 g/mol. The van der Waals surface area contributed by atoms with Crippen LogP contribution in [0, 0.1) is 23.4 Å². The van der Waals surface area contributed by atoms with Crippen molar-refractivity contribution in [2.45, 2.75) is 64.7 Å². The third-order valence-electron chi connectivity index (χ3n) is 8.48. The van der Waals surface area contributed by atoms with Gasteiger partial charge in [-0.1, -0.05) is 50.2 Å². The molecule has 9 heteroatoms. The SMILES string of the molecule is CC(C)Cc1nc2c(c(-c3ccc4c(c3)CCC4OCc3ccc(F)c(F)c3)c1C(N)=O)C(=O)N[C@@H](Cc1ccc(F)cc1)C2. The monoisotopic (exact) mass is 613 g/mol. The summed E-state index contributed by atoms with van der Waals surface area (Å²) < 4.78 is 46.6. The van der Waals surface area contributed by atoms with Crippen molar-refractivity contribution in [3.05, 3.63) is 123 Å². The minimum absolute atomic E-state index is 0.130. The molecule has 0 radical (unpaired) electrons. The van der Waals surface area contributed by atoms with E-state index in [-0.39, 0.29) is 42.0 Å². The highest BCUT2D eigenvalue weighted by molar-refractivity contribution is 6.10. The molecule has 45 heavy (non-hydrogen) atoms. The number of fused-ring (bicyclic) bond motifs is 2. The van der Waals surface area contributed by atoms with Gasteiger partial charge in [0.2, 0.25) is 0 Å². The van der Waals surface area contributed by atoms with Crippen LogP contribution in [0.4, 0.5) is 13.2 Å². The zero-order chi connectivity index (χ0) is 31.8. The fourth-order valence-electron chi connectivity index (χ4n) is 6.47. The first-order valence-electron chi connectivity index (χ1n) is 15.2. The minimum Gasteiger partial charge on any atom is -0.369 e. The number of pyridine rings is 1. The summed E-state index contributed by atoms with van der Waals surface area (Å²) in [5, 5.41) is 3.08. The lowest BCUT2D eigenvalue weighted by molar-refractivity contribution is 0.0409. The first-order valence-corrected chi connectivity index (χ1v) is 15.2. The topological polar surface area (TPSA) is 94.3 Å². The van der Waals surface area contributed by atoms with Crippen molar-refractivity contribution in [1.29, 1.82) is 0 Å². The van der Waals surface area contributed by atoms with Gasteiger partial charge >= 0.3 is 0 Å². The van der Waals surface area contributed by atoms with E-state index in [0.29, 0.717) is 65.7 Å². The summed E-state index contributed by atoms with van der Waals surface area (Å²) in [4.78, 5) is 31.7. The van der Waals surface area contributed by atoms with Crippen LogP contribution < -0.4 is 11.1 Å². The summed E-state index contributed by atoms with van der Waals surface area (Å²) in [6, 6.07) is 15.5. The maximum atomic E-state index is 13.8. The highest BCUT2D eigenvalue weighted by atomic mass is 19.2. The van der Waals surface area contributed by atoms with E-state index in [1.54, 1.807) is 12.1 Å². The zero-order valence-electron chi connectivity index (χ0n) is 25.1. The van der Waals surface area contributed by atoms with E-state index in [2.05, 4.69) is 5.32 Å². The van der Waals surface area contributed by atoms with Crippen LogP contribution in [0.1, 0.15) is 80.7 Å². The Kier molecular flexibility index (Phi) is 8.46. The second-order valence-electron chi connectivity index (χ2n) is 12.3. The Morgan fingerprint density at radius 1 is 1.00 bits per heavy atom. The number of nitrogens with one attached hydrogen (secondary N) is 1. The Hall–Kier alpha value is -4.50. The van der Waals surface area contributed by atoms with Crippen molar-refractivity contribution in [3.63, 3.8) is 0 Å². The number of aryl methyl sites for hydroxylation is 1. The van der Waals surface area contributed by atoms with Gasteiger partial charge in [-0.2, -0.15) is 0 Å². The first-order chi connectivity index (χ1) is 21.6. The number of primary amides is 1. The number of nitrogens with two attached hydrogens (primary N) is 1. The molecular formula is C36H34F3N3O3. The number of amides is 2. The average Bonchev–Trinajstić information content (AvgIpc) is 3.40. The van der Waals surface area contributed by atoms with Crippen LogP contribution in [0.15, 0.2) is 60.7 Å². The lowest BCUT2D eigenvalue weighted by atomic mass is 9.84. The molecule has 1 aromatic heterocycles. The summed E-state index contributed by atoms with van der Waals surface area (Å²) in [5.41, 5.74) is 12.3. The number of halogens is 3. The molecule has 0 saturated carbocycles. The molecule has 4 aromatic rings. The predicted molar refractivity (Wildman–Crippen MR) is 164 cm³/mol. The van der Waals surface area contributed by atoms with Crippen molar-refractivity contribution >= 4 is 11.8 Å². The molecule has 0 saturated heterocycles. The summed E-state index contributed by atoms with van der Waals surface area (Å²) in [7, 11) is 0. The van der Waals surface area contributed by atoms with Crippen molar-refractivity contribution in [3.8, 4) is 11.1 Å². The lowest BCUT2D eigenvalue weighted by Gasteiger charge is -2.29. The molecule has 3 aromatic carbocycles. The number of rotatable bonds is 9. The van der Waals surface area contributed by atoms with Crippen molar-refractivity contribution < 1.29 is 27.5 Å². The van der Waals surface area contributed by atoms with Crippen molar-refractivity contribution in [2.24, 2.45) is 11.7 Å². The normalized spacial score (nSPS) is 17.2. The van der Waals surface area contributed by atoms with Crippen LogP contribution in [0.2, 0.25) is 0 Å². The Morgan fingerprint density at radius 2 is 1.76 bits per heavy atom. The molecule has 0 fully saturated rings. The van der Waals surface area contributed by atoms with E-state index < -0.39 is 17.5 Å². The van der Waals surface area contributed by atoms with Gasteiger partial charge in [0, 0.05) is 18.0 Å². The minimum atomic E-state index is -0.916. The number of carbonyl (C=O) groups is 2. The van der Waals surface area contributed by atoms with Gasteiger partial charge < -0.3 is 15.8 Å². The molecule has 0 bridgehead atoms. The van der Waals surface area contributed by atoms with Gasteiger partial charge in [0.15, 0.2) is 11.6 Å². The third kappa shape index (κ3) is 6.35. The highest BCUT2D eigenvalue weighted by Gasteiger charge is 2.34. The molecule has 1 unspecified atom stereocenters.